The van der Waals surface area contributed by atoms with Crippen molar-refractivity contribution in [2.45, 2.75) is 19.4 Å². The summed E-state index contributed by atoms with van der Waals surface area (Å²) in [6, 6.07) is 22.2. The van der Waals surface area contributed by atoms with Crippen LogP contribution in [0.25, 0.3) is 21.9 Å². The highest BCUT2D eigenvalue weighted by Crippen LogP contribution is 2.33. The van der Waals surface area contributed by atoms with E-state index in [1.54, 1.807) is 12.1 Å². The standard InChI is InChI=1S/C27H22BrNO5/c1-34-27(33)25-24(19-5-3-2-4-6-19)22-15-20(28)12-13-21(22)26(32)29(25)16-18-9-7-17(8-10-18)11-14-23(30)31/h2-10,12-13,15H,11,14,16H2,1H3,(H,30,31). The smallest absolute Gasteiger partial charge is 0.355 e. The first-order chi connectivity index (χ1) is 16.4. The molecule has 1 aromatic heterocycles. The number of ether oxygens (including phenoxy) is 1. The van der Waals surface area contributed by atoms with Crippen molar-refractivity contribution >= 4 is 38.6 Å². The van der Waals surface area contributed by atoms with Gasteiger partial charge < -0.3 is 9.84 Å². The maximum atomic E-state index is 13.6. The number of halogens is 1. The number of esters is 1. The Morgan fingerprint density at radius 1 is 0.941 bits per heavy atom. The van der Waals surface area contributed by atoms with Gasteiger partial charge in [-0.25, -0.2) is 4.79 Å². The predicted octanol–water partition coefficient (Wildman–Crippen LogP) is 5.28. The average Bonchev–Trinajstić information content (AvgIpc) is 2.85. The molecule has 0 spiro atoms. The summed E-state index contributed by atoms with van der Waals surface area (Å²) >= 11 is 3.48. The zero-order chi connectivity index (χ0) is 24.2. The van der Waals surface area contributed by atoms with Crippen LogP contribution in [0, 0.1) is 0 Å². The molecule has 7 heteroatoms. The Kier molecular flexibility index (Phi) is 6.93. The Balaban J connectivity index is 1.92. The molecule has 0 aliphatic rings. The summed E-state index contributed by atoms with van der Waals surface area (Å²) in [5.74, 6) is -1.45. The van der Waals surface area contributed by atoms with Crippen LogP contribution in [-0.2, 0) is 22.5 Å². The molecule has 0 saturated carbocycles. The average molecular weight is 520 g/mol. The first kappa shape index (κ1) is 23.4. The van der Waals surface area contributed by atoms with E-state index in [4.69, 9.17) is 9.84 Å². The van der Waals surface area contributed by atoms with Crippen LogP contribution in [0.4, 0.5) is 0 Å². The van der Waals surface area contributed by atoms with E-state index in [0.29, 0.717) is 22.8 Å². The largest absolute Gasteiger partial charge is 0.481 e. The molecular formula is C27H22BrNO5. The summed E-state index contributed by atoms with van der Waals surface area (Å²) in [5.41, 5.74) is 3.00. The number of hydrogen-bond donors (Lipinski definition) is 1. The quantitative estimate of drug-likeness (QED) is 0.335. The van der Waals surface area contributed by atoms with Crippen molar-refractivity contribution < 1.29 is 19.4 Å². The molecule has 4 rings (SSSR count). The fraction of sp³-hybridized carbons (Fsp3) is 0.148. The molecule has 34 heavy (non-hydrogen) atoms. The van der Waals surface area contributed by atoms with Crippen molar-refractivity contribution in [2.24, 2.45) is 0 Å². The van der Waals surface area contributed by atoms with Gasteiger partial charge in [-0.2, -0.15) is 0 Å². The Morgan fingerprint density at radius 2 is 1.62 bits per heavy atom. The van der Waals surface area contributed by atoms with Gasteiger partial charge in [0.1, 0.15) is 5.69 Å². The van der Waals surface area contributed by atoms with Crippen LogP contribution in [0.2, 0.25) is 0 Å². The lowest BCUT2D eigenvalue weighted by atomic mass is 9.96. The van der Waals surface area contributed by atoms with Crippen molar-refractivity contribution in [1.82, 2.24) is 4.57 Å². The SMILES string of the molecule is COC(=O)c1c(-c2ccccc2)c2cc(Br)ccc2c(=O)n1Cc1ccc(CCC(=O)O)cc1. The van der Waals surface area contributed by atoms with Crippen molar-refractivity contribution in [3.05, 3.63) is 104 Å². The van der Waals surface area contributed by atoms with Crippen molar-refractivity contribution in [3.63, 3.8) is 0 Å². The molecule has 4 aromatic rings. The summed E-state index contributed by atoms with van der Waals surface area (Å²) in [4.78, 5) is 37.5. The highest BCUT2D eigenvalue weighted by molar-refractivity contribution is 9.10. The van der Waals surface area contributed by atoms with Gasteiger partial charge >= 0.3 is 11.9 Å². The minimum Gasteiger partial charge on any atom is -0.481 e. The van der Waals surface area contributed by atoms with E-state index in [0.717, 1.165) is 21.2 Å². The lowest BCUT2D eigenvalue weighted by Gasteiger charge is -2.19. The molecule has 0 radical (unpaired) electrons. The van der Waals surface area contributed by atoms with E-state index in [1.165, 1.54) is 11.7 Å². The summed E-state index contributed by atoms with van der Waals surface area (Å²) in [6.45, 7) is 0.161. The second-order valence-electron chi connectivity index (χ2n) is 7.87. The fourth-order valence-corrected chi connectivity index (χ4v) is 4.38. The minimum atomic E-state index is -0.852. The molecule has 0 aliphatic heterocycles. The van der Waals surface area contributed by atoms with E-state index in [9.17, 15) is 14.4 Å². The second kappa shape index (κ2) is 10.1. The summed E-state index contributed by atoms with van der Waals surface area (Å²) < 4.78 is 7.37. The predicted molar refractivity (Wildman–Crippen MR) is 134 cm³/mol. The first-order valence-corrected chi connectivity index (χ1v) is 11.5. The van der Waals surface area contributed by atoms with Crippen molar-refractivity contribution in [1.29, 1.82) is 0 Å². The molecule has 0 atom stereocenters. The monoisotopic (exact) mass is 519 g/mol. The fourth-order valence-electron chi connectivity index (χ4n) is 4.02. The third kappa shape index (κ3) is 4.79. The lowest BCUT2D eigenvalue weighted by molar-refractivity contribution is -0.136. The number of aromatic nitrogens is 1. The molecule has 0 aliphatic carbocycles. The van der Waals surface area contributed by atoms with Gasteiger partial charge in [0.25, 0.3) is 5.56 Å². The molecule has 3 aromatic carbocycles. The van der Waals surface area contributed by atoms with Gasteiger partial charge in [-0.1, -0.05) is 70.5 Å². The van der Waals surface area contributed by atoms with Crippen LogP contribution in [-0.4, -0.2) is 28.7 Å². The molecule has 0 fully saturated rings. The first-order valence-electron chi connectivity index (χ1n) is 10.7. The van der Waals surface area contributed by atoms with E-state index in [1.807, 2.05) is 60.7 Å². The Bertz CT molecular complexity index is 1430. The van der Waals surface area contributed by atoms with Gasteiger partial charge in [-0.05, 0) is 46.7 Å². The molecule has 0 amide bonds. The highest BCUT2D eigenvalue weighted by atomic mass is 79.9. The minimum absolute atomic E-state index is 0.0476. The Hall–Kier alpha value is -3.71. The Morgan fingerprint density at radius 3 is 2.26 bits per heavy atom. The zero-order valence-corrected chi connectivity index (χ0v) is 20.0. The second-order valence-corrected chi connectivity index (χ2v) is 8.79. The number of benzene rings is 3. The highest BCUT2D eigenvalue weighted by Gasteiger charge is 2.24. The molecule has 1 N–H and O–H groups in total. The number of pyridine rings is 1. The number of carboxylic acids is 1. The molecule has 1 heterocycles. The lowest BCUT2D eigenvalue weighted by Crippen LogP contribution is -2.28. The van der Waals surface area contributed by atoms with Gasteiger partial charge in [-0.15, -0.1) is 0 Å². The van der Waals surface area contributed by atoms with Crippen LogP contribution < -0.4 is 5.56 Å². The van der Waals surface area contributed by atoms with Crippen LogP contribution in [0.1, 0.15) is 28.0 Å². The number of fused-ring (bicyclic) bond motifs is 1. The number of carbonyl (C=O) groups is 2. The van der Waals surface area contributed by atoms with Crippen LogP contribution >= 0.6 is 15.9 Å². The third-order valence-corrected chi connectivity index (χ3v) is 6.16. The number of rotatable bonds is 7. The molecule has 0 unspecified atom stereocenters. The summed E-state index contributed by atoms with van der Waals surface area (Å²) in [7, 11) is 1.30. The van der Waals surface area contributed by atoms with Gasteiger partial charge in [0.2, 0.25) is 0 Å². The number of aryl methyl sites for hydroxylation is 1. The van der Waals surface area contributed by atoms with Crippen LogP contribution in [0.15, 0.2) is 82.1 Å². The number of carboxylic acid groups (broad SMARTS) is 1. The number of hydrogen-bond acceptors (Lipinski definition) is 4. The van der Waals surface area contributed by atoms with E-state index in [-0.39, 0.29) is 24.2 Å². The number of carbonyl (C=O) groups excluding carboxylic acids is 1. The van der Waals surface area contributed by atoms with E-state index in [2.05, 4.69) is 15.9 Å². The molecule has 0 bridgehead atoms. The molecule has 172 valence electrons. The van der Waals surface area contributed by atoms with Gasteiger partial charge in [0, 0.05) is 21.8 Å². The molecule has 0 saturated heterocycles. The third-order valence-electron chi connectivity index (χ3n) is 5.67. The van der Waals surface area contributed by atoms with Gasteiger partial charge in [0.15, 0.2) is 0 Å². The van der Waals surface area contributed by atoms with Crippen LogP contribution in [0.5, 0.6) is 0 Å². The normalized spacial score (nSPS) is 10.9. The summed E-state index contributed by atoms with van der Waals surface area (Å²) in [5, 5.41) is 10.1. The summed E-state index contributed by atoms with van der Waals surface area (Å²) in [6.07, 6.45) is 0.470. The maximum absolute atomic E-state index is 13.6. The Labute approximate surface area is 204 Å². The molecular weight excluding hydrogens is 498 g/mol. The number of aliphatic carboxylic acids is 1. The van der Waals surface area contributed by atoms with Crippen molar-refractivity contribution in [2.75, 3.05) is 7.11 Å². The molecule has 6 nitrogen and oxygen atoms in total. The topological polar surface area (TPSA) is 85.6 Å². The number of methoxy groups -OCH3 is 1. The maximum Gasteiger partial charge on any atom is 0.355 e. The van der Waals surface area contributed by atoms with Crippen molar-refractivity contribution in [3.8, 4) is 11.1 Å². The van der Waals surface area contributed by atoms with E-state index < -0.39 is 11.9 Å². The number of nitrogens with zero attached hydrogens (tertiary/aromatic N) is 1. The zero-order valence-electron chi connectivity index (χ0n) is 18.5. The van der Waals surface area contributed by atoms with E-state index >= 15 is 0 Å². The van der Waals surface area contributed by atoms with Gasteiger partial charge in [-0.3, -0.25) is 14.2 Å². The van der Waals surface area contributed by atoms with Gasteiger partial charge in [0.05, 0.1) is 13.7 Å². The van der Waals surface area contributed by atoms with Crippen LogP contribution in [0.3, 0.4) is 0 Å².